The van der Waals surface area contributed by atoms with Gasteiger partial charge < -0.3 is 4.74 Å². The Kier molecular flexibility index (Phi) is 5.73. The third-order valence-corrected chi connectivity index (χ3v) is 4.23. The summed E-state index contributed by atoms with van der Waals surface area (Å²) in [5, 5.41) is 0. The van der Waals surface area contributed by atoms with Gasteiger partial charge in [0.15, 0.2) is 5.78 Å². The van der Waals surface area contributed by atoms with E-state index in [1.54, 1.807) is 18.9 Å². The molecule has 1 rings (SSSR count). The molecule has 0 fully saturated rings. The third-order valence-electron chi connectivity index (χ3n) is 2.87. The molecule has 0 heterocycles. The summed E-state index contributed by atoms with van der Waals surface area (Å²) in [7, 11) is 1.62. The highest BCUT2D eigenvalue weighted by Crippen LogP contribution is 2.27. The number of aryl methyl sites for hydroxylation is 1. The van der Waals surface area contributed by atoms with Gasteiger partial charge in [-0.15, -0.1) is 0 Å². The molecule has 0 atom stereocenters. The monoisotopic (exact) mass is 266 g/mol. The van der Waals surface area contributed by atoms with E-state index >= 15 is 0 Å². The van der Waals surface area contributed by atoms with Crippen molar-refractivity contribution in [2.45, 2.75) is 27.7 Å². The number of rotatable bonds is 6. The van der Waals surface area contributed by atoms with Crippen molar-refractivity contribution in [1.82, 2.24) is 0 Å². The van der Waals surface area contributed by atoms with E-state index in [0.29, 0.717) is 17.2 Å². The van der Waals surface area contributed by atoms with Crippen molar-refractivity contribution in [3.8, 4) is 5.75 Å². The van der Waals surface area contributed by atoms with E-state index in [9.17, 15) is 4.79 Å². The van der Waals surface area contributed by atoms with Crippen molar-refractivity contribution < 1.29 is 9.53 Å². The second kappa shape index (κ2) is 6.83. The molecule has 1 aromatic rings. The Morgan fingerprint density at radius 3 is 2.56 bits per heavy atom. The number of thioether (sulfide) groups is 1. The summed E-state index contributed by atoms with van der Waals surface area (Å²) in [5.74, 6) is 3.03. The molecule has 0 aromatic heterocycles. The van der Waals surface area contributed by atoms with E-state index < -0.39 is 0 Å². The summed E-state index contributed by atoms with van der Waals surface area (Å²) in [6, 6.07) is 3.86. The first-order valence-corrected chi connectivity index (χ1v) is 7.38. The molecule has 0 aliphatic heterocycles. The van der Waals surface area contributed by atoms with Crippen LogP contribution in [-0.4, -0.2) is 24.4 Å². The minimum absolute atomic E-state index is 0.153. The van der Waals surface area contributed by atoms with Crippen LogP contribution in [0.1, 0.15) is 35.3 Å². The quantitative estimate of drug-likeness (QED) is 0.731. The number of ketones is 1. The first-order valence-electron chi connectivity index (χ1n) is 6.22. The molecule has 0 amide bonds. The minimum atomic E-state index is 0.153. The van der Waals surface area contributed by atoms with Crippen LogP contribution in [-0.2, 0) is 0 Å². The standard InChI is InChI=1S/C15H22O2S/c1-10(2)8-18-9-14(16)13-7-6-11(3)12(4)15(13)17-5/h6-7,10H,8-9H2,1-5H3. The van der Waals surface area contributed by atoms with Crippen LogP contribution in [0.3, 0.4) is 0 Å². The van der Waals surface area contributed by atoms with E-state index in [4.69, 9.17) is 4.74 Å². The van der Waals surface area contributed by atoms with Gasteiger partial charge in [0, 0.05) is 0 Å². The zero-order chi connectivity index (χ0) is 13.7. The fraction of sp³-hybridized carbons (Fsp3) is 0.533. The summed E-state index contributed by atoms with van der Waals surface area (Å²) in [6.07, 6.45) is 0. The summed E-state index contributed by atoms with van der Waals surface area (Å²) in [6.45, 7) is 8.34. The smallest absolute Gasteiger partial charge is 0.176 e. The average Bonchev–Trinajstić information content (AvgIpc) is 2.31. The second-order valence-electron chi connectivity index (χ2n) is 4.92. The lowest BCUT2D eigenvalue weighted by atomic mass is 10.0. The van der Waals surface area contributed by atoms with E-state index in [1.165, 1.54) is 0 Å². The van der Waals surface area contributed by atoms with E-state index in [2.05, 4.69) is 13.8 Å². The molecule has 3 heteroatoms. The second-order valence-corrected chi connectivity index (χ2v) is 5.95. The molecule has 0 aliphatic carbocycles. The lowest BCUT2D eigenvalue weighted by Gasteiger charge is -2.12. The lowest BCUT2D eigenvalue weighted by Crippen LogP contribution is -2.08. The van der Waals surface area contributed by atoms with Crippen LogP contribution in [0.15, 0.2) is 12.1 Å². The molecule has 18 heavy (non-hydrogen) atoms. The van der Waals surface area contributed by atoms with Gasteiger partial charge in [0.25, 0.3) is 0 Å². The molecule has 0 N–H and O–H groups in total. The minimum Gasteiger partial charge on any atom is -0.496 e. The van der Waals surface area contributed by atoms with Crippen LogP contribution in [0.25, 0.3) is 0 Å². The summed E-state index contributed by atoms with van der Waals surface area (Å²) < 4.78 is 5.38. The zero-order valence-electron chi connectivity index (χ0n) is 11.9. The van der Waals surface area contributed by atoms with Gasteiger partial charge in [-0.25, -0.2) is 0 Å². The molecule has 1 aromatic carbocycles. The Balaban J connectivity index is 2.82. The SMILES string of the molecule is COc1c(C(=O)CSCC(C)C)ccc(C)c1C. The molecule has 0 radical (unpaired) electrons. The Morgan fingerprint density at radius 1 is 1.33 bits per heavy atom. The van der Waals surface area contributed by atoms with E-state index in [0.717, 1.165) is 22.6 Å². The highest BCUT2D eigenvalue weighted by molar-refractivity contribution is 7.99. The van der Waals surface area contributed by atoms with Crippen molar-refractivity contribution in [2.75, 3.05) is 18.6 Å². The molecular formula is C15H22O2S. The van der Waals surface area contributed by atoms with Crippen LogP contribution in [0.4, 0.5) is 0 Å². The Bertz CT molecular complexity index is 425. The molecule has 0 saturated carbocycles. The van der Waals surface area contributed by atoms with Gasteiger partial charge in [-0.3, -0.25) is 4.79 Å². The molecule has 100 valence electrons. The number of benzene rings is 1. The number of methoxy groups -OCH3 is 1. The number of carbonyl (C=O) groups is 1. The van der Waals surface area contributed by atoms with Crippen molar-refractivity contribution in [3.63, 3.8) is 0 Å². The Hall–Kier alpha value is -0.960. The van der Waals surface area contributed by atoms with Crippen LogP contribution >= 0.6 is 11.8 Å². The van der Waals surface area contributed by atoms with Crippen LogP contribution in [0.5, 0.6) is 5.75 Å². The van der Waals surface area contributed by atoms with E-state index in [1.807, 2.05) is 26.0 Å². The van der Waals surface area contributed by atoms with E-state index in [-0.39, 0.29) is 5.78 Å². The molecule has 0 bridgehead atoms. The summed E-state index contributed by atoms with van der Waals surface area (Å²) in [5.41, 5.74) is 2.91. The molecule has 0 aliphatic rings. The van der Waals surface area contributed by atoms with Crippen LogP contribution in [0, 0.1) is 19.8 Å². The molecule has 0 unspecified atom stereocenters. The normalized spacial score (nSPS) is 10.8. The molecule has 0 saturated heterocycles. The molecule has 2 nitrogen and oxygen atoms in total. The van der Waals surface area contributed by atoms with Crippen LogP contribution < -0.4 is 4.74 Å². The van der Waals surface area contributed by atoms with Gasteiger partial charge >= 0.3 is 0 Å². The highest BCUT2D eigenvalue weighted by Gasteiger charge is 2.15. The topological polar surface area (TPSA) is 26.3 Å². The van der Waals surface area contributed by atoms with Gasteiger partial charge in [0.05, 0.1) is 18.4 Å². The average molecular weight is 266 g/mol. The zero-order valence-corrected chi connectivity index (χ0v) is 12.7. The fourth-order valence-corrected chi connectivity index (χ4v) is 2.67. The predicted octanol–water partition coefficient (Wildman–Crippen LogP) is 3.88. The largest absolute Gasteiger partial charge is 0.496 e. The van der Waals surface area contributed by atoms with Gasteiger partial charge in [-0.2, -0.15) is 11.8 Å². The maximum Gasteiger partial charge on any atom is 0.176 e. The van der Waals surface area contributed by atoms with Gasteiger partial charge in [-0.1, -0.05) is 19.9 Å². The van der Waals surface area contributed by atoms with Crippen molar-refractivity contribution in [2.24, 2.45) is 5.92 Å². The highest BCUT2D eigenvalue weighted by atomic mass is 32.2. The maximum atomic E-state index is 12.2. The number of hydrogen-bond donors (Lipinski definition) is 0. The lowest BCUT2D eigenvalue weighted by molar-refractivity contribution is 0.101. The van der Waals surface area contributed by atoms with Gasteiger partial charge in [0.2, 0.25) is 0 Å². The fourth-order valence-electron chi connectivity index (χ4n) is 1.74. The van der Waals surface area contributed by atoms with Crippen molar-refractivity contribution in [1.29, 1.82) is 0 Å². The maximum absolute atomic E-state index is 12.2. The Labute approximate surface area is 114 Å². The van der Waals surface area contributed by atoms with Crippen molar-refractivity contribution in [3.05, 3.63) is 28.8 Å². The molecule has 0 spiro atoms. The third kappa shape index (κ3) is 3.77. The van der Waals surface area contributed by atoms with Crippen molar-refractivity contribution >= 4 is 17.5 Å². The van der Waals surface area contributed by atoms with Crippen LogP contribution in [0.2, 0.25) is 0 Å². The first-order chi connectivity index (χ1) is 8.47. The first kappa shape index (κ1) is 15.1. The summed E-state index contributed by atoms with van der Waals surface area (Å²) >= 11 is 1.69. The van der Waals surface area contributed by atoms with Gasteiger partial charge in [-0.05, 0) is 42.7 Å². The predicted molar refractivity (Wildman–Crippen MR) is 79.0 cm³/mol. The number of hydrogen-bond acceptors (Lipinski definition) is 3. The number of Topliss-reactive ketones (excluding diaryl/α,β-unsaturated/α-hetero) is 1. The number of carbonyl (C=O) groups excluding carboxylic acids is 1. The number of ether oxygens (including phenoxy) is 1. The summed E-state index contributed by atoms with van der Waals surface area (Å²) in [4.78, 5) is 12.2. The molecular weight excluding hydrogens is 244 g/mol. The Morgan fingerprint density at radius 2 is 2.00 bits per heavy atom. The van der Waals surface area contributed by atoms with Gasteiger partial charge in [0.1, 0.15) is 5.75 Å².